The maximum atomic E-state index is 12.6. The topological polar surface area (TPSA) is 35.6 Å². The van der Waals surface area contributed by atoms with Crippen molar-refractivity contribution in [2.75, 3.05) is 38.5 Å². The first-order valence-electron chi connectivity index (χ1n) is 7.88. The first-order valence-corrected chi connectivity index (χ1v) is 7.88. The fourth-order valence-electron chi connectivity index (χ4n) is 2.88. The van der Waals surface area contributed by atoms with Gasteiger partial charge in [-0.1, -0.05) is 6.92 Å². The van der Waals surface area contributed by atoms with Gasteiger partial charge in [0, 0.05) is 50.5 Å². The van der Waals surface area contributed by atoms with Crippen molar-refractivity contribution in [1.82, 2.24) is 9.80 Å². The molecule has 116 valence electrons. The molecule has 0 radical (unpaired) electrons. The maximum absolute atomic E-state index is 12.6. The molecule has 0 spiro atoms. The molecule has 1 saturated heterocycles. The van der Waals surface area contributed by atoms with Gasteiger partial charge >= 0.3 is 0 Å². The summed E-state index contributed by atoms with van der Waals surface area (Å²) in [6.45, 7) is 10.1. The zero-order valence-electron chi connectivity index (χ0n) is 13.6. The highest BCUT2D eigenvalue weighted by molar-refractivity contribution is 5.95. The molecule has 21 heavy (non-hydrogen) atoms. The van der Waals surface area contributed by atoms with Gasteiger partial charge in [0.2, 0.25) is 0 Å². The van der Waals surface area contributed by atoms with E-state index < -0.39 is 0 Å². The summed E-state index contributed by atoms with van der Waals surface area (Å²) in [5, 5.41) is 3.13. The summed E-state index contributed by atoms with van der Waals surface area (Å²) in [5.41, 5.74) is 2.98. The number of benzene rings is 1. The Morgan fingerprint density at radius 1 is 1.29 bits per heavy atom. The third kappa shape index (κ3) is 3.56. The summed E-state index contributed by atoms with van der Waals surface area (Å²) < 4.78 is 0. The van der Waals surface area contributed by atoms with Crippen LogP contribution in [0, 0.1) is 6.92 Å². The molecule has 1 fully saturated rings. The number of hydrogen-bond acceptors (Lipinski definition) is 3. The summed E-state index contributed by atoms with van der Waals surface area (Å²) in [5.74, 6) is 0.157. The van der Waals surface area contributed by atoms with Crippen molar-refractivity contribution in [2.45, 2.75) is 33.2 Å². The van der Waals surface area contributed by atoms with Crippen LogP contribution in [-0.2, 0) is 0 Å². The average Bonchev–Trinajstić information content (AvgIpc) is 2.53. The van der Waals surface area contributed by atoms with Crippen molar-refractivity contribution in [3.63, 3.8) is 0 Å². The van der Waals surface area contributed by atoms with E-state index in [9.17, 15) is 4.79 Å². The molecule has 1 unspecified atom stereocenters. The van der Waals surface area contributed by atoms with Crippen LogP contribution in [0.4, 0.5) is 5.69 Å². The fraction of sp³-hybridized carbons (Fsp3) is 0.588. The number of aryl methyl sites for hydroxylation is 1. The molecule has 0 bridgehead atoms. The third-order valence-corrected chi connectivity index (χ3v) is 4.56. The number of carbonyl (C=O) groups excluding carboxylic acids is 1. The van der Waals surface area contributed by atoms with Crippen molar-refractivity contribution < 1.29 is 4.79 Å². The molecule has 1 atom stereocenters. The highest BCUT2D eigenvalue weighted by atomic mass is 16.2. The van der Waals surface area contributed by atoms with Gasteiger partial charge in [-0.15, -0.1) is 0 Å². The zero-order valence-corrected chi connectivity index (χ0v) is 13.6. The van der Waals surface area contributed by atoms with Crippen LogP contribution in [0.15, 0.2) is 18.2 Å². The van der Waals surface area contributed by atoms with Gasteiger partial charge in [-0.3, -0.25) is 9.69 Å². The second-order valence-electron chi connectivity index (χ2n) is 5.87. The lowest BCUT2D eigenvalue weighted by atomic mass is 10.1. The standard InChI is InChI=1S/C17H27N3O/c1-5-14(3)19-8-10-20(11-9-19)17(21)15-6-7-16(18-4)13(2)12-15/h6-7,12,14,18H,5,8-11H2,1-4H3. The van der Waals surface area contributed by atoms with Gasteiger partial charge in [0.15, 0.2) is 0 Å². The molecule has 0 aliphatic carbocycles. The van der Waals surface area contributed by atoms with Crippen LogP contribution in [-0.4, -0.2) is 55.0 Å². The van der Waals surface area contributed by atoms with Crippen molar-refractivity contribution in [3.05, 3.63) is 29.3 Å². The highest BCUT2D eigenvalue weighted by Gasteiger charge is 2.24. The molecule has 4 heteroatoms. The number of piperazine rings is 1. The fourth-order valence-corrected chi connectivity index (χ4v) is 2.88. The van der Waals surface area contributed by atoms with Gasteiger partial charge < -0.3 is 10.2 Å². The van der Waals surface area contributed by atoms with E-state index in [0.29, 0.717) is 6.04 Å². The Balaban J connectivity index is 2.00. The van der Waals surface area contributed by atoms with Crippen LogP contribution in [0.5, 0.6) is 0 Å². The molecule has 1 amide bonds. The third-order valence-electron chi connectivity index (χ3n) is 4.56. The highest BCUT2D eigenvalue weighted by Crippen LogP contribution is 2.18. The van der Waals surface area contributed by atoms with Crippen molar-refractivity contribution in [1.29, 1.82) is 0 Å². The molecule has 1 heterocycles. The average molecular weight is 289 g/mol. The molecular formula is C17H27N3O. The van der Waals surface area contributed by atoms with Gasteiger partial charge in [-0.25, -0.2) is 0 Å². The van der Waals surface area contributed by atoms with E-state index in [0.717, 1.165) is 43.0 Å². The van der Waals surface area contributed by atoms with Crippen LogP contribution in [0.1, 0.15) is 36.2 Å². The monoisotopic (exact) mass is 289 g/mol. The molecule has 0 aromatic heterocycles. The lowest BCUT2D eigenvalue weighted by Gasteiger charge is -2.37. The van der Waals surface area contributed by atoms with Crippen molar-refractivity contribution in [2.24, 2.45) is 0 Å². The summed E-state index contributed by atoms with van der Waals surface area (Å²) >= 11 is 0. The minimum atomic E-state index is 0.157. The minimum Gasteiger partial charge on any atom is -0.388 e. The molecule has 1 aromatic rings. The lowest BCUT2D eigenvalue weighted by Crippen LogP contribution is -2.51. The van der Waals surface area contributed by atoms with Crippen molar-refractivity contribution in [3.8, 4) is 0 Å². The van der Waals surface area contributed by atoms with Gasteiger partial charge in [-0.05, 0) is 44.0 Å². The van der Waals surface area contributed by atoms with E-state index in [1.807, 2.05) is 37.1 Å². The molecule has 1 aliphatic heterocycles. The van der Waals surface area contributed by atoms with Gasteiger partial charge in [-0.2, -0.15) is 0 Å². The Morgan fingerprint density at radius 3 is 2.48 bits per heavy atom. The van der Waals surface area contributed by atoms with Crippen LogP contribution in [0.2, 0.25) is 0 Å². The van der Waals surface area contributed by atoms with E-state index in [-0.39, 0.29) is 5.91 Å². The van der Waals surface area contributed by atoms with E-state index in [1.54, 1.807) is 0 Å². The number of amides is 1. The molecule has 2 rings (SSSR count). The summed E-state index contributed by atoms with van der Waals surface area (Å²) in [6.07, 6.45) is 1.17. The predicted molar refractivity (Wildman–Crippen MR) is 88.0 cm³/mol. The zero-order chi connectivity index (χ0) is 15.4. The number of anilines is 1. The van der Waals surface area contributed by atoms with Crippen LogP contribution in [0.3, 0.4) is 0 Å². The summed E-state index contributed by atoms with van der Waals surface area (Å²) in [6, 6.07) is 6.49. The number of nitrogens with one attached hydrogen (secondary N) is 1. The van der Waals surface area contributed by atoms with Gasteiger partial charge in [0.25, 0.3) is 5.91 Å². The van der Waals surface area contributed by atoms with E-state index in [4.69, 9.17) is 0 Å². The maximum Gasteiger partial charge on any atom is 0.253 e. The Morgan fingerprint density at radius 2 is 1.95 bits per heavy atom. The number of rotatable bonds is 4. The largest absolute Gasteiger partial charge is 0.388 e. The Hall–Kier alpha value is -1.55. The Labute approximate surface area is 128 Å². The minimum absolute atomic E-state index is 0.157. The second kappa shape index (κ2) is 6.94. The molecular weight excluding hydrogens is 262 g/mol. The first kappa shape index (κ1) is 15.8. The Kier molecular flexibility index (Phi) is 5.23. The van der Waals surface area contributed by atoms with Gasteiger partial charge in [0.05, 0.1) is 0 Å². The van der Waals surface area contributed by atoms with Crippen molar-refractivity contribution >= 4 is 11.6 Å². The van der Waals surface area contributed by atoms with E-state index >= 15 is 0 Å². The Bertz CT molecular complexity index is 493. The van der Waals surface area contributed by atoms with E-state index in [2.05, 4.69) is 24.1 Å². The normalized spacial score (nSPS) is 17.6. The second-order valence-corrected chi connectivity index (χ2v) is 5.87. The lowest BCUT2D eigenvalue weighted by molar-refractivity contribution is 0.0579. The summed E-state index contributed by atoms with van der Waals surface area (Å²) in [7, 11) is 1.90. The molecule has 1 aromatic carbocycles. The predicted octanol–water partition coefficient (Wildman–Crippen LogP) is 2.59. The first-order chi connectivity index (χ1) is 10.1. The molecule has 1 aliphatic rings. The number of carbonyl (C=O) groups is 1. The number of hydrogen-bond donors (Lipinski definition) is 1. The van der Waals surface area contributed by atoms with Gasteiger partial charge in [0.1, 0.15) is 0 Å². The van der Waals surface area contributed by atoms with E-state index in [1.165, 1.54) is 6.42 Å². The van der Waals surface area contributed by atoms with Crippen LogP contribution >= 0.6 is 0 Å². The quantitative estimate of drug-likeness (QED) is 0.925. The number of nitrogens with zero attached hydrogens (tertiary/aromatic N) is 2. The molecule has 1 N–H and O–H groups in total. The van der Waals surface area contributed by atoms with Crippen LogP contribution in [0.25, 0.3) is 0 Å². The summed E-state index contributed by atoms with van der Waals surface area (Å²) in [4.78, 5) is 17.0. The smallest absolute Gasteiger partial charge is 0.253 e. The molecule has 4 nitrogen and oxygen atoms in total. The SMILES string of the molecule is CCC(C)N1CCN(C(=O)c2ccc(NC)c(C)c2)CC1. The molecule has 0 saturated carbocycles. The van der Waals surface area contributed by atoms with Crippen LogP contribution < -0.4 is 5.32 Å².